The maximum absolute atomic E-state index is 8.81. The Hall–Kier alpha value is 0.01000. The minimum Gasteiger partial charge on any atom is -0.394 e. The molecule has 0 aliphatic carbocycles. The molecule has 0 bridgehead atoms. The van der Waals surface area contributed by atoms with Crippen molar-refractivity contribution in [1.29, 1.82) is 0 Å². The molecular weight excluding hydrogens is 232 g/mol. The fourth-order valence-electron chi connectivity index (χ4n) is 0.926. The Labute approximate surface area is 91.2 Å². The normalized spacial score (nSPS) is 13.0. The first-order valence-electron chi connectivity index (χ1n) is 3.57. The molecule has 0 aliphatic heterocycles. The highest BCUT2D eigenvalue weighted by Gasteiger charge is 2.13. The summed E-state index contributed by atoms with van der Waals surface area (Å²) in [6.07, 6.45) is 0. The topological polar surface area (TPSA) is 46.2 Å². The molecule has 1 aromatic carbocycles. The van der Waals surface area contributed by atoms with Crippen molar-refractivity contribution in [2.75, 3.05) is 6.61 Å². The Morgan fingerprint density at radius 2 is 1.85 bits per heavy atom. The lowest BCUT2D eigenvalue weighted by Gasteiger charge is -2.11. The van der Waals surface area contributed by atoms with E-state index < -0.39 is 6.04 Å². The lowest BCUT2D eigenvalue weighted by molar-refractivity contribution is 0.268. The molecular formula is C8H8Cl3NO. The zero-order valence-corrected chi connectivity index (χ0v) is 8.87. The Balaban J connectivity index is 3.18. The average Bonchev–Trinajstić information content (AvgIpc) is 2.13. The monoisotopic (exact) mass is 239 g/mol. The van der Waals surface area contributed by atoms with E-state index in [1.807, 2.05) is 0 Å². The summed E-state index contributed by atoms with van der Waals surface area (Å²) in [6.45, 7) is -0.183. The van der Waals surface area contributed by atoms with Gasteiger partial charge in [-0.05, 0) is 11.6 Å². The molecule has 0 saturated carbocycles. The molecule has 1 aromatic rings. The van der Waals surface area contributed by atoms with Crippen LogP contribution in [-0.2, 0) is 0 Å². The van der Waals surface area contributed by atoms with Crippen LogP contribution in [0.4, 0.5) is 0 Å². The van der Waals surface area contributed by atoms with Crippen LogP contribution in [0, 0.1) is 0 Å². The molecule has 72 valence electrons. The van der Waals surface area contributed by atoms with Crippen molar-refractivity contribution < 1.29 is 5.11 Å². The number of hydrogen-bond acceptors (Lipinski definition) is 2. The maximum atomic E-state index is 8.81. The summed E-state index contributed by atoms with van der Waals surface area (Å²) < 4.78 is 0. The van der Waals surface area contributed by atoms with Crippen molar-refractivity contribution >= 4 is 34.8 Å². The van der Waals surface area contributed by atoms with Gasteiger partial charge >= 0.3 is 0 Å². The van der Waals surface area contributed by atoms with Crippen LogP contribution in [0.1, 0.15) is 11.6 Å². The molecule has 5 heteroatoms. The fourth-order valence-corrected chi connectivity index (χ4v) is 1.61. The molecule has 0 heterocycles. The first-order valence-corrected chi connectivity index (χ1v) is 4.71. The van der Waals surface area contributed by atoms with Crippen molar-refractivity contribution in [3.8, 4) is 0 Å². The molecule has 0 fully saturated rings. The average molecular weight is 241 g/mol. The van der Waals surface area contributed by atoms with E-state index in [2.05, 4.69) is 0 Å². The largest absolute Gasteiger partial charge is 0.394 e. The highest BCUT2D eigenvalue weighted by molar-refractivity contribution is 6.48. The van der Waals surface area contributed by atoms with Crippen LogP contribution in [0.3, 0.4) is 0 Å². The van der Waals surface area contributed by atoms with Crippen LogP contribution in [-0.4, -0.2) is 11.7 Å². The van der Waals surface area contributed by atoms with Crippen molar-refractivity contribution in [2.24, 2.45) is 5.73 Å². The van der Waals surface area contributed by atoms with E-state index in [1.165, 1.54) is 0 Å². The molecule has 0 unspecified atom stereocenters. The van der Waals surface area contributed by atoms with E-state index >= 15 is 0 Å². The second-order valence-electron chi connectivity index (χ2n) is 2.55. The van der Waals surface area contributed by atoms with Gasteiger partial charge in [-0.3, -0.25) is 0 Å². The Kier molecular flexibility index (Phi) is 3.83. The molecule has 0 aromatic heterocycles. The molecule has 1 atom stereocenters. The zero-order valence-electron chi connectivity index (χ0n) is 6.60. The van der Waals surface area contributed by atoms with Gasteiger partial charge in [-0.2, -0.15) is 0 Å². The lowest BCUT2D eigenvalue weighted by Crippen LogP contribution is -2.14. The van der Waals surface area contributed by atoms with Crippen LogP contribution in [0.5, 0.6) is 0 Å². The van der Waals surface area contributed by atoms with Crippen LogP contribution in [0.2, 0.25) is 15.1 Å². The summed E-state index contributed by atoms with van der Waals surface area (Å²) in [5.41, 5.74) is 6.17. The van der Waals surface area contributed by atoms with Gasteiger partial charge in [-0.15, -0.1) is 0 Å². The number of benzene rings is 1. The molecule has 1 rings (SSSR count). The van der Waals surface area contributed by atoms with Gasteiger partial charge in [0.05, 0.1) is 27.7 Å². The first kappa shape index (κ1) is 11.1. The molecule has 0 spiro atoms. The summed E-state index contributed by atoms with van der Waals surface area (Å²) in [5.74, 6) is 0. The van der Waals surface area contributed by atoms with Gasteiger partial charge in [0.1, 0.15) is 0 Å². The smallest absolute Gasteiger partial charge is 0.0781 e. The van der Waals surface area contributed by atoms with Crippen molar-refractivity contribution in [3.63, 3.8) is 0 Å². The molecule has 0 amide bonds. The SMILES string of the molecule is N[C@H](CO)c1ccc(Cl)c(Cl)c1Cl. The Bertz CT molecular complexity index is 317. The second kappa shape index (κ2) is 4.49. The van der Waals surface area contributed by atoms with Crippen molar-refractivity contribution in [1.82, 2.24) is 0 Å². The van der Waals surface area contributed by atoms with Crippen molar-refractivity contribution in [3.05, 3.63) is 32.8 Å². The number of hydrogen-bond donors (Lipinski definition) is 2. The third-order valence-corrected chi connectivity index (χ3v) is 2.97. The minimum atomic E-state index is -0.526. The first-order chi connectivity index (χ1) is 6.07. The third-order valence-electron chi connectivity index (χ3n) is 1.66. The van der Waals surface area contributed by atoms with E-state index in [-0.39, 0.29) is 11.6 Å². The molecule has 0 saturated heterocycles. The number of aliphatic hydroxyl groups is 1. The molecule has 0 aliphatic rings. The molecule has 13 heavy (non-hydrogen) atoms. The maximum Gasteiger partial charge on any atom is 0.0781 e. The summed E-state index contributed by atoms with van der Waals surface area (Å²) >= 11 is 17.4. The van der Waals surface area contributed by atoms with Crippen LogP contribution in [0.15, 0.2) is 12.1 Å². The van der Waals surface area contributed by atoms with Crippen LogP contribution in [0.25, 0.3) is 0 Å². The number of nitrogens with two attached hydrogens (primary N) is 1. The summed E-state index contributed by atoms with van der Waals surface area (Å²) in [4.78, 5) is 0. The van der Waals surface area contributed by atoms with Gasteiger partial charge in [-0.1, -0.05) is 40.9 Å². The number of aliphatic hydroxyl groups excluding tert-OH is 1. The van der Waals surface area contributed by atoms with E-state index in [4.69, 9.17) is 45.6 Å². The standard InChI is InChI=1S/C8H8Cl3NO/c9-5-2-1-4(6(12)3-13)7(10)8(5)11/h1-2,6,13H,3,12H2/t6-/m1/s1. The fraction of sp³-hybridized carbons (Fsp3) is 0.250. The van der Waals surface area contributed by atoms with E-state index in [0.717, 1.165) is 0 Å². The van der Waals surface area contributed by atoms with Crippen LogP contribution < -0.4 is 5.73 Å². The van der Waals surface area contributed by atoms with Gasteiger partial charge < -0.3 is 10.8 Å². The minimum absolute atomic E-state index is 0.183. The summed E-state index contributed by atoms with van der Waals surface area (Å²) in [6, 6.07) is 2.72. The van der Waals surface area contributed by atoms with Gasteiger partial charge in [0.15, 0.2) is 0 Å². The quantitative estimate of drug-likeness (QED) is 0.781. The Morgan fingerprint density at radius 1 is 1.23 bits per heavy atom. The van der Waals surface area contributed by atoms with Crippen molar-refractivity contribution in [2.45, 2.75) is 6.04 Å². The van der Waals surface area contributed by atoms with Gasteiger partial charge in [0, 0.05) is 0 Å². The predicted octanol–water partition coefficient (Wildman–Crippen LogP) is 2.64. The number of halogens is 3. The van der Waals surface area contributed by atoms with E-state index in [0.29, 0.717) is 15.6 Å². The highest BCUT2D eigenvalue weighted by Crippen LogP contribution is 2.34. The van der Waals surface area contributed by atoms with E-state index in [1.54, 1.807) is 12.1 Å². The van der Waals surface area contributed by atoms with Crippen LogP contribution >= 0.6 is 34.8 Å². The zero-order chi connectivity index (χ0) is 10.0. The Morgan fingerprint density at radius 3 is 2.38 bits per heavy atom. The lowest BCUT2D eigenvalue weighted by atomic mass is 10.1. The highest BCUT2D eigenvalue weighted by atomic mass is 35.5. The predicted molar refractivity (Wildman–Crippen MR) is 55.5 cm³/mol. The van der Waals surface area contributed by atoms with Gasteiger partial charge in [-0.25, -0.2) is 0 Å². The second-order valence-corrected chi connectivity index (χ2v) is 3.72. The van der Waals surface area contributed by atoms with Gasteiger partial charge in [0.2, 0.25) is 0 Å². The van der Waals surface area contributed by atoms with E-state index in [9.17, 15) is 0 Å². The number of rotatable bonds is 2. The molecule has 3 N–H and O–H groups in total. The summed E-state index contributed by atoms with van der Waals surface area (Å²) in [5, 5.41) is 9.76. The third kappa shape index (κ3) is 2.27. The molecule has 0 radical (unpaired) electrons. The summed E-state index contributed by atoms with van der Waals surface area (Å²) in [7, 11) is 0. The van der Waals surface area contributed by atoms with Gasteiger partial charge in [0.25, 0.3) is 0 Å². The molecule has 2 nitrogen and oxygen atoms in total.